The van der Waals surface area contributed by atoms with E-state index in [9.17, 15) is 9.59 Å². The van der Waals surface area contributed by atoms with E-state index < -0.39 is 0 Å². The highest BCUT2D eigenvalue weighted by Crippen LogP contribution is 2.38. The number of allylic oxidation sites excluding steroid dienone is 2. The van der Waals surface area contributed by atoms with Crippen LogP contribution in [-0.4, -0.2) is 61.0 Å². The minimum atomic E-state index is -0.232. The molecule has 0 aromatic carbocycles. The molecule has 0 bridgehead atoms. The Hall–Kier alpha value is -0.620. The summed E-state index contributed by atoms with van der Waals surface area (Å²) in [7, 11) is 0. The molecule has 0 N–H and O–H groups in total. The summed E-state index contributed by atoms with van der Waals surface area (Å²) < 4.78 is 5.29. The molecule has 118 valence electrons. The van der Waals surface area contributed by atoms with Crippen LogP contribution in [-0.2, 0) is 14.3 Å². The molecule has 0 saturated carbocycles. The molecule has 2 aliphatic heterocycles. The van der Waals surface area contributed by atoms with Crippen molar-refractivity contribution in [2.45, 2.75) is 12.8 Å². The summed E-state index contributed by atoms with van der Waals surface area (Å²) in [4.78, 5) is 28.3. The van der Waals surface area contributed by atoms with Gasteiger partial charge in [0.25, 0.3) is 0 Å². The summed E-state index contributed by atoms with van der Waals surface area (Å²) in [6, 6.07) is 0. The van der Waals surface area contributed by atoms with Crippen LogP contribution in [0.3, 0.4) is 0 Å². The molecule has 0 aromatic heterocycles. The third kappa shape index (κ3) is 3.42. The summed E-state index contributed by atoms with van der Waals surface area (Å²) in [5, 5.41) is 0.711. The summed E-state index contributed by atoms with van der Waals surface area (Å²) in [5.41, 5.74) is 0. The van der Waals surface area contributed by atoms with Gasteiger partial charge in [0.2, 0.25) is 11.8 Å². The Morgan fingerprint density at radius 1 is 1.14 bits per heavy atom. The number of carbonyl (C=O) groups is 2. The van der Waals surface area contributed by atoms with Gasteiger partial charge in [-0.1, -0.05) is 17.7 Å². The number of imide groups is 1. The summed E-state index contributed by atoms with van der Waals surface area (Å²) >= 11 is 6.00. The van der Waals surface area contributed by atoms with Gasteiger partial charge in [0.15, 0.2) is 0 Å². The van der Waals surface area contributed by atoms with Crippen LogP contribution in [0, 0.1) is 11.8 Å². The fraction of sp³-hybridized carbons (Fsp3) is 0.714. The number of carbonyl (C=O) groups excluding carboxylic acids is 2. The summed E-state index contributed by atoms with van der Waals surface area (Å²) in [5.74, 6) is -0.479. The third-order valence-corrected chi connectivity index (χ3v) is 4.71. The zero-order chi connectivity index (χ0) is 14.1. The molecular formula is C14H19Cl2N2O3-. The number of likely N-dealkylation sites (tertiary alicyclic amines) is 1. The molecule has 2 unspecified atom stereocenters. The molecular weight excluding hydrogens is 315 g/mol. The van der Waals surface area contributed by atoms with Crippen molar-refractivity contribution >= 4 is 23.4 Å². The Kier molecular flexibility index (Phi) is 5.66. The topological polar surface area (TPSA) is 49.9 Å². The Bertz CT molecular complexity index is 450. The summed E-state index contributed by atoms with van der Waals surface area (Å²) in [6.07, 6.45) is 2.99. The molecule has 0 aromatic rings. The van der Waals surface area contributed by atoms with Gasteiger partial charge >= 0.3 is 0 Å². The van der Waals surface area contributed by atoms with E-state index in [0.717, 1.165) is 32.8 Å². The van der Waals surface area contributed by atoms with Crippen molar-refractivity contribution in [3.63, 3.8) is 0 Å². The smallest absolute Gasteiger partial charge is 0.233 e. The molecule has 3 rings (SSSR count). The van der Waals surface area contributed by atoms with Crippen LogP contribution in [0.15, 0.2) is 11.1 Å². The van der Waals surface area contributed by atoms with Gasteiger partial charge in [0.05, 0.1) is 25.0 Å². The number of ether oxygens (including phenoxy) is 1. The fourth-order valence-electron chi connectivity index (χ4n) is 3.18. The number of morpholine rings is 1. The van der Waals surface area contributed by atoms with E-state index in [0.29, 0.717) is 24.4 Å². The first-order chi connectivity index (χ1) is 9.66. The summed E-state index contributed by atoms with van der Waals surface area (Å²) in [6.45, 7) is 4.43. The first-order valence-electron chi connectivity index (χ1n) is 7.16. The Balaban J connectivity index is 0.00000161. The van der Waals surface area contributed by atoms with E-state index in [1.165, 1.54) is 4.90 Å². The normalized spacial score (nSPS) is 30.0. The van der Waals surface area contributed by atoms with Crippen molar-refractivity contribution in [1.82, 2.24) is 9.80 Å². The second-order valence-electron chi connectivity index (χ2n) is 5.59. The quantitative estimate of drug-likeness (QED) is 0.552. The molecule has 1 aliphatic carbocycles. The van der Waals surface area contributed by atoms with E-state index in [4.69, 9.17) is 16.3 Å². The van der Waals surface area contributed by atoms with Crippen LogP contribution in [0.4, 0.5) is 0 Å². The molecule has 2 heterocycles. The maximum absolute atomic E-state index is 12.3. The van der Waals surface area contributed by atoms with Crippen LogP contribution < -0.4 is 12.4 Å². The van der Waals surface area contributed by atoms with Crippen molar-refractivity contribution < 1.29 is 26.7 Å². The van der Waals surface area contributed by atoms with E-state index in [2.05, 4.69) is 4.90 Å². The Labute approximate surface area is 135 Å². The second-order valence-corrected chi connectivity index (χ2v) is 6.07. The van der Waals surface area contributed by atoms with Gasteiger partial charge in [-0.05, 0) is 12.8 Å². The first-order valence-corrected chi connectivity index (χ1v) is 7.54. The van der Waals surface area contributed by atoms with Crippen molar-refractivity contribution in [3.8, 4) is 0 Å². The van der Waals surface area contributed by atoms with Gasteiger partial charge in [-0.15, -0.1) is 0 Å². The van der Waals surface area contributed by atoms with E-state index in [1.807, 2.05) is 6.08 Å². The van der Waals surface area contributed by atoms with Gasteiger partial charge in [0.1, 0.15) is 0 Å². The highest BCUT2D eigenvalue weighted by molar-refractivity contribution is 6.30. The van der Waals surface area contributed by atoms with E-state index in [-0.39, 0.29) is 36.1 Å². The predicted octanol–water partition coefficient (Wildman–Crippen LogP) is -2.16. The molecule has 2 amide bonds. The predicted molar refractivity (Wildman–Crippen MR) is 74.1 cm³/mol. The maximum Gasteiger partial charge on any atom is 0.233 e. The van der Waals surface area contributed by atoms with E-state index in [1.54, 1.807) is 0 Å². The van der Waals surface area contributed by atoms with Crippen molar-refractivity contribution in [2.75, 3.05) is 39.4 Å². The molecule has 3 aliphatic rings. The van der Waals surface area contributed by atoms with Gasteiger partial charge in [-0.25, -0.2) is 0 Å². The zero-order valence-electron chi connectivity index (χ0n) is 11.8. The highest BCUT2D eigenvalue weighted by atomic mass is 35.5. The standard InChI is InChI=1S/C14H19ClN2O3.ClH/c15-10-1-2-11-12(9-10)14(19)17(13(11)18)4-3-16-5-7-20-8-6-16;/h1,11-12H,2-9H2;1H/p-1. The molecule has 0 radical (unpaired) electrons. The van der Waals surface area contributed by atoms with Gasteiger partial charge in [0, 0.05) is 31.2 Å². The van der Waals surface area contributed by atoms with Crippen molar-refractivity contribution in [3.05, 3.63) is 11.1 Å². The largest absolute Gasteiger partial charge is 1.00 e. The van der Waals surface area contributed by atoms with Crippen LogP contribution in [0.25, 0.3) is 0 Å². The number of rotatable bonds is 3. The number of hydrogen-bond acceptors (Lipinski definition) is 4. The van der Waals surface area contributed by atoms with E-state index >= 15 is 0 Å². The lowest BCUT2D eigenvalue weighted by atomic mass is 9.85. The first kappa shape index (κ1) is 16.7. The zero-order valence-corrected chi connectivity index (χ0v) is 13.3. The monoisotopic (exact) mass is 333 g/mol. The lowest BCUT2D eigenvalue weighted by Gasteiger charge is -2.28. The lowest BCUT2D eigenvalue weighted by molar-refractivity contribution is -0.140. The molecule has 2 saturated heterocycles. The minimum Gasteiger partial charge on any atom is -1.00 e. The van der Waals surface area contributed by atoms with Crippen LogP contribution in [0.1, 0.15) is 12.8 Å². The number of nitrogens with zero attached hydrogens (tertiary/aromatic N) is 2. The second kappa shape index (κ2) is 7.09. The minimum absolute atomic E-state index is 0. The number of fused-ring (bicyclic) bond motifs is 1. The average Bonchev–Trinajstić information content (AvgIpc) is 2.70. The molecule has 7 heteroatoms. The molecule has 2 fully saturated rings. The van der Waals surface area contributed by atoms with Gasteiger partial charge in [-0.3, -0.25) is 19.4 Å². The SMILES string of the molecule is O=C1C2CC=C(Cl)CC2C(=O)N1CCN1CCOCC1.[Cl-]. The van der Waals surface area contributed by atoms with Crippen LogP contribution >= 0.6 is 11.6 Å². The Morgan fingerprint density at radius 2 is 1.81 bits per heavy atom. The third-order valence-electron chi connectivity index (χ3n) is 4.40. The lowest BCUT2D eigenvalue weighted by Crippen LogP contribution is -3.00. The van der Waals surface area contributed by atoms with Gasteiger partial charge < -0.3 is 17.1 Å². The molecule has 21 heavy (non-hydrogen) atoms. The number of halogens is 2. The average molecular weight is 334 g/mol. The molecule has 5 nitrogen and oxygen atoms in total. The number of hydrogen-bond donors (Lipinski definition) is 0. The number of amides is 2. The van der Waals surface area contributed by atoms with Crippen LogP contribution in [0.2, 0.25) is 0 Å². The van der Waals surface area contributed by atoms with Crippen molar-refractivity contribution in [1.29, 1.82) is 0 Å². The van der Waals surface area contributed by atoms with Crippen molar-refractivity contribution in [2.24, 2.45) is 11.8 Å². The van der Waals surface area contributed by atoms with Gasteiger partial charge in [-0.2, -0.15) is 0 Å². The highest BCUT2D eigenvalue weighted by Gasteiger charge is 2.48. The molecule has 0 spiro atoms. The fourth-order valence-corrected chi connectivity index (χ4v) is 3.44. The Morgan fingerprint density at radius 3 is 2.52 bits per heavy atom. The maximum atomic E-state index is 12.3. The molecule has 2 atom stereocenters. The van der Waals surface area contributed by atoms with Crippen LogP contribution in [0.5, 0.6) is 0 Å².